The second-order valence-corrected chi connectivity index (χ2v) is 5.31. The van der Waals surface area contributed by atoms with E-state index in [2.05, 4.69) is 22.2 Å². The van der Waals surface area contributed by atoms with Crippen molar-refractivity contribution in [1.29, 1.82) is 0 Å². The molecule has 18 heavy (non-hydrogen) atoms. The summed E-state index contributed by atoms with van der Waals surface area (Å²) < 4.78 is 0. The van der Waals surface area contributed by atoms with Crippen molar-refractivity contribution in [2.75, 3.05) is 23.9 Å². The van der Waals surface area contributed by atoms with Gasteiger partial charge in [0, 0.05) is 23.8 Å². The van der Waals surface area contributed by atoms with E-state index in [1.807, 2.05) is 13.2 Å². The average Bonchev–Trinajstić information content (AvgIpc) is 2.30. The monoisotopic (exact) mass is 270 g/mol. The van der Waals surface area contributed by atoms with Gasteiger partial charge in [-0.2, -0.15) is 11.8 Å². The topological polar surface area (TPSA) is 84.1 Å². The van der Waals surface area contributed by atoms with E-state index >= 15 is 0 Å². The van der Waals surface area contributed by atoms with Crippen molar-refractivity contribution in [2.24, 2.45) is 0 Å². The smallest absolute Gasteiger partial charge is 0.133 e. The molecule has 6 heteroatoms. The van der Waals surface area contributed by atoms with Crippen molar-refractivity contribution in [3.63, 3.8) is 0 Å². The number of hydrogen-bond donors (Lipinski definition) is 3. The first-order chi connectivity index (χ1) is 8.60. The Morgan fingerprint density at radius 1 is 1.50 bits per heavy atom. The van der Waals surface area contributed by atoms with Gasteiger partial charge in [0.25, 0.3) is 0 Å². The number of aromatic nitrogens is 2. The van der Waals surface area contributed by atoms with Gasteiger partial charge in [-0.25, -0.2) is 9.97 Å². The summed E-state index contributed by atoms with van der Waals surface area (Å²) in [5, 5.41) is 12.7. The van der Waals surface area contributed by atoms with Gasteiger partial charge >= 0.3 is 0 Å². The number of hydrogen-bond acceptors (Lipinski definition) is 6. The van der Waals surface area contributed by atoms with Crippen molar-refractivity contribution in [3.05, 3.63) is 11.9 Å². The minimum Gasteiger partial charge on any atom is -0.395 e. The molecular weight excluding hydrogens is 248 g/mol. The Balaban J connectivity index is 2.77. The SMILES string of the molecule is CCCc1nc(N)cc(NC(C)C(CO)SC)n1. The van der Waals surface area contributed by atoms with Gasteiger partial charge in [-0.1, -0.05) is 6.92 Å². The Bertz CT molecular complexity index is 371. The highest BCUT2D eigenvalue weighted by Gasteiger charge is 2.15. The summed E-state index contributed by atoms with van der Waals surface area (Å²) in [6.07, 6.45) is 3.79. The number of rotatable bonds is 7. The lowest BCUT2D eigenvalue weighted by Crippen LogP contribution is -2.31. The number of nitrogens with two attached hydrogens (primary N) is 1. The van der Waals surface area contributed by atoms with Crippen LogP contribution >= 0.6 is 11.8 Å². The molecule has 4 N–H and O–H groups in total. The van der Waals surface area contributed by atoms with Gasteiger partial charge in [-0.3, -0.25) is 0 Å². The Labute approximate surface area is 113 Å². The van der Waals surface area contributed by atoms with E-state index in [-0.39, 0.29) is 17.9 Å². The maximum atomic E-state index is 9.25. The highest BCUT2D eigenvalue weighted by molar-refractivity contribution is 7.99. The number of nitrogen functional groups attached to an aromatic ring is 1. The van der Waals surface area contributed by atoms with Crippen molar-refractivity contribution in [2.45, 2.75) is 38.0 Å². The maximum absolute atomic E-state index is 9.25. The molecule has 0 radical (unpaired) electrons. The van der Waals surface area contributed by atoms with Gasteiger partial charge in [-0.05, 0) is 19.6 Å². The summed E-state index contributed by atoms with van der Waals surface area (Å²) in [5.41, 5.74) is 5.76. The molecule has 5 nitrogen and oxygen atoms in total. The van der Waals surface area contributed by atoms with Crippen LogP contribution in [0.1, 0.15) is 26.1 Å². The zero-order valence-corrected chi connectivity index (χ0v) is 12.0. The third kappa shape index (κ3) is 4.34. The third-order valence-corrected chi connectivity index (χ3v) is 3.84. The molecule has 2 unspecified atom stereocenters. The van der Waals surface area contributed by atoms with E-state index in [1.165, 1.54) is 0 Å². The second kappa shape index (κ2) is 7.43. The molecule has 0 aliphatic heterocycles. The Morgan fingerprint density at radius 2 is 2.22 bits per heavy atom. The normalized spacial score (nSPS) is 14.2. The molecule has 1 heterocycles. The second-order valence-electron chi connectivity index (χ2n) is 4.23. The Morgan fingerprint density at radius 3 is 2.78 bits per heavy atom. The molecule has 0 aromatic carbocycles. The largest absolute Gasteiger partial charge is 0.395 e. The molecule has 0 aliphatic rings. The maximum Gasteiger partial charge on any atom is 0.133 e. The fraction of sp³-hybridized carbons (Fsp3) is 0.667. The van der Waals surface area contributed by atoms with Gasteiger partial charge in [0.2, 0.25) is 0 Å². The molecule has 0 saturated carbocycles. The van der Waals surface area contributed by atoms with Crippen molar-refractivity contribution in [3.8, 4) is 0 Å². The zero-order valence-electron chi connectivity index (χ0n) is 11.2. The lowest BCUT2D eigenvalue weighted by Gasteiger charge is -2.22. The van der Waals surface area contributed by atoms with Crippen LogP contribution in [0, 0.1) is 0 Å². The number of nitrogens with zero attached hydrogens (tertiary/aromatic N) is 2. The summed E-state index contributed by atoms with van der Waals surface area (Å²) in [7, 11) is 0. The van der Waals surface area contributed by atoms with Crippen LogP contribution in [0.15, 0.2) is 6.07 Å². The molecule has 1 aromatic rings. The van der Waals surface area contributed by atoms with Gasteiger partial charge in [0.1, 0.15) is 17.5 Å². The summed E-state index contributed by atoms with van der Waals surface area (Å²) in [6.45, 7) is 4.24. The van der Waals surface area contributed by atoms with E-state index in [9.17, 15) is 5.11 Å². The minimum atomic E-state index is 0.119. The molecule has 1 rings (SSSR count). The lowest BCUT2D eigenvalue weighted by molar-refractivity contribution is 0.288. The fourth-order valence-corrected chi connectivity index (χ4v) is 2.32. The fourth-order valence-electron chi connectivity index (χ4n) is 1.69. The van der Waals surface area contributed by atoms with Crippen LogP contribution in [0.3, 0.4) is 0 Å². The molecule has 102 valence electrons. The molecule has 0 spiro atoms. The molecule has 0 aliphatic carbocycles. The van der Waals surface area contributed by atoms with Crippen LogP contribution in [0.5, 0.6) is 0 Å². The number of aliphatic hydroxyl groups is 1. The van der Waals surface area contributed by atoms with E-state index in [4.69, 9.17) is 5.73 Å². The average molecular weight is 270 g/mol. The number of aliphatic hydroxyl groups excluding tert-OH is 1. The van der Waals surface area contributed by atoms with Crippen LogP contribution in [0.4, 0.5) is 11.6 Å². The van der Waals surface area contributed by atoms with Crippen molar-refractivity contribution in [1.82, 2.24) is 9.97 Å². The number of anilines is 2. The first-order valence-corrected chi connectivity index (χ1v) is 7.43. The Kier molecular flexibility index (Phi) is 6.21. The number of thioether (sulfide) groups is 1. The lowest BCUT2D eigenvalue weighted by atomic mass is 10.2. The molecular formula is C12H22N4OS. The van der Waals surface area contributed by atoms with Crippen LogP contribution in [0.2, 0.25) is 0 Å². The number of nitrogens with one attached hydrogen (secondary N) is 1. The quantitative estimate of drug-likeness (QED) is 0.697. The molecule has 0 amide bonds. The first kappa shape index (κ1) is 15.0. The van der Waals surface area contributed by atoms with Gasteiger partial charge in [0.05, 0.1) is 6.61 Å². The van der Waals surface area contributed by atoms with Gasteiger partial charge in [0.15, 0.2) is 0 Å². The van der Waals surface area contributed by atoms with E-state index in [0.717, 1.165) is 24.5 Å². The van der Waals surface area contributed by atoms with E-state index in [1.54, 1.807) is 17.8 Å². The van der Waals surface area contributed by atoms with Crippen molar-refractivity contribution >= 4 is 23.4 Å². The standard InChI is InChI=1S/C12H22N4OS/c1-4-5-11-15-10(13)6-12(16-11)14-8(2)9(7-17)18-3/h6,8-9,17H,4-5,7H2,1-3H3,(H3,13,14,15,16). The molecule has 2 atom stereocenters. The van der Waals surface area contributed by atoms with Crippen molar-refractivity contribution < 1.29 is 5.11 Å². The van der Waals surface area contributed by atoms with Crippen LogP contribution in [-0.2, 0) is 6.42 Å². The van der Waals surface area contributed by atoms with E-state index < -0.39 is 0 Å². The van der Waals surface area contributed by atoms with Crippen LogP contribution in [0.25, 0.3) is 0 Å². The predicted octanol–water partition coefficient (Wildman–Crippen LogP) is 1.54. The highest BCUT2D eigenvalue weighted by Crippen LogP contribution is 2.16. The summed E-state index contributed by atoms with van der Waals surface area (Å²) in [4.78, 5) is 8.61. The molecule has 0 bridgehead atoms. The van der Waals surface area contributed by atoms with Crippen LogP contribution < -0.4 is 11.1 Å². The summed E-state index contributed by atoms with van der Waals surface area (Å²) in [6, 6.07) is 1.85. The van der Waals surface area contributed by atoms with Crippen LogP contribution in [-0.4, -0.2) is 39.2 Å². The van der Waals surface area contributed by atoms with Gasteiger partial charge < -0.3 is 16.2 Å². The number of aryl methyl sites for hydroxylation is 1. The first-order valence-electron chi connectivity index (χ1n) is 6.14. The molecule has 1 aromatic heterocycles. The summed E-state index contributed by atoms with van der Waals surface area (Å²) in [5.74, 6) is 1.97. The molecule has 0 saturated heterocycles. The predicted molar refractivity (Wildman–Crippen MR) is 77.9 cm³/mol. The Hall–Kier alpha value is -1.01. The zero-order chi connectivity index (χ0) is 13.5. The van der Waals surface area contributed by atoms with E-state index in [0.29, 0.717) is 5.82 Å². The minimum absolute atomic E-state index is 0.119. The molecule has 0 fully saturated rings. The van der Waals surface area contributed by atoms with Gasteiger partial charge in [-0.15, -0.1) is 0 Å². The highest BCUT2D eigenvalue weighted by atomic mass is 32.2. The third-order valence-electron chi connectivity index (χ3n) is 2.68. The summed E-state index contributed by atoms with van der Waals surface area (Å²) >= 11 is 1.63.